The van der Waals surface area contributed by atoms with Gasteiger partial charge in [0.1, 0.15) is 0 Å². The number of anilines is 3. The van der Waals surface area contributed by atoms with Crippen LogP contribution in [-0.4, -0.2) is 22.6 Å². The second-order valence-corrected chi connectivity index (χ2v) is 7.41. The number of rotatable bonds is 4. The molecule has 8 heteroatoms. The summed E-state index contributed by atoms with van der Waals surface area (Å²) in [6, 6.07) is 21.6. The van der Waals surface area contributed by atoms with Gasteiger partial charge in [0.15, 0.2) is 0 Å². The van der Waals surface area contributed by atoms with Crippen LogP contribution < -0.4 is 11.1 Å². The fourth-order valence-electron chi connectivity index (χ4n) is 2.62. The lowest BCUT2D eigenvalue weighted by atomic mass is 10.1. The second-order valence-electron chi connectivity index (χ2n) is 5.64. The van der Waals surface area contributed by atoms with Crippen LogP contribution in [0.5, 0.6) is 0 Å². The van der Waals surface area contributed by atoms with Crippen molar-refractivity contribution in [3.8, 4) is 0 Å². The summed E-state index contributed by atoms with van der Waals surface area (Å²) in [6.07, 6.45) is 0. The molecule has 4 rings (SSSR count). The van der Waals surface area contributed by atoms with Gasteiger partial charge in [-0.05, 0) is 35.0 Å². The summed E-state index contributed by atoms with van der Waals surface area (Å²) in [6.45, 7) is 0. The molecule has 0 aliphatic carbocycles. The maximum atomic E-state index is 12.9. The Morgan fingerprint density at radius 3 is 2.35 bits per heavy atom. The van der Waals surface area contributed by atoms with Crippen LogP contribution in [0.2, 0.25) is 0 Å². The van der Waals surface area contributed by atoms with Crippen molar-refractivity contribution in [1.29, 1.82) is 0 Å². The molecule has 0 bridgehead atoms. The molecule has 0 amide bonds. The molecule has 0 radical (unpaired) electrons. The Hall–Kier alpha value is -3.39. The van der Waals surface area contributed by atoms with Gasteiger partial charge in [-0.15, -0.1) is 9.19 Å². The van der Waals surface area contributed by atoms with Crippen LogP contribution in [0.1, 0.15) is 0 Å². The molecule has 1 heterocycles. The number of hydrogen-bond donors (Lipinski definition) is 2. The Morgan fingerprint density at radius 1 is 0.885 bits per heavy atom. The molecule has 3 aromatic carbocycles. The minimum Gasteiger partial charge on any atom is -0.367 e. The van der Waals surface area contributed by atoms with Gasteiger partial charge in [0.05, 0.1) is 4.90 Å². The molecule has 26 heavy (non-hydrogen) atoms. The van der Waals surface area contributed by atoms with Crippen molar-refractivity contribution in [3.05, 3.63) is 72.8 Å². The molecular weight excluding hydrogens is 350 g/mol. The lowest BCUT2D eigenvalue weighted by Crippen LogP contribution is -2.17. The summed E-state index contributed by atoms with van der Waals surface area (Å²) in [5.41, 5.74) is 6.53. The predicted octanol–water partition coefficient (Wildman–Crippen LogP) is 2.99. The van der Waals surface area contributed by atoms with E-state index >= 15 is 0 Å². The zero-order valence-corrected chi connectivity index (χ0v) is 14.4. The number of aromatic nitrogens is 3. The molecule has 0 aliphatic rings. The van der Waals surface area contributed by atoms with E-state index in [2.05, 4.69) is 15.4 Å². The van der Waals surface area contributed by atoms with Gasteiger partial charge in [0.25, 0.3) is 10.0 Å². The highest BCUT2D eigenvalue weighted by atomic mass is 32.2. The number of fused-ring (bicyclic) bond motifs is 1. The summed E-state index contributed by atoms with van der Waals surface area (Å²) in [5, 5.41) is 8.71. The molecule has 7 nitrogen and oxygen atoms in total. The first-order chi connectivity index (χ1) is 12.5. The maximum absolute atomic E-state index is 12.9. The van der Waals surface area contributed by atoms with Gasteiger partial charge >= 0.3 is 0 Å². The summed E-state index contributed by atoms with van der Waals surface area (Å²) in [5.74, 6) is -0.102. The summed E-state index contributed by atoms with van der Waals surface area (Å²) in [7, 11) is -3.95. The first-order valence-corrected chi connectivity index (χ1v) is 9.27. The van der Waals surface area contributed by atoms with Crippen LogP contribution in [0.3, 0.4) is 0 Å². The van der Waals surface area contributed by atoms with E-state index in [4.69, 9.17) is 5.73 Å². The standard InChI is InChI=1S/C18H15N5O2S/c19-17-21-18(20-15-8-2-1-3-9-15)22-23(17)26(24,25)16-11-10-13-6-4-5-7-14(13)12-16/h1-12H,(H3,19,20,21,22). The predicted molar refractivity (Wildman–Crippen MR) is 101 cm³/mol. The zero-order chi connectivity index (χ0) is 18.1. The first-order valence-electron chi connectivity index (χ1n) is 7.83. The van der Waals surface area contributed by atoms with Crippen LogP contribution in [0, 0.1) is 0 Å². The van der Waals surface area contributed by atoms with Gasteiger partial charge in [0, 0.05) is 5.69 Å². The minimum absolute atomic E-state index is 0.0964. The van der Waals surface area contributed by atoms with Crippen molar-refractivity contribution in [2.75, 3.05) is 11.1 Å². The molecule has 4 aromatic rings. The normalized spacial score (nSPS) is 11.5. The second kappa shape index (κ2) is 6.16. The van der Waals surface area contributed by atoms with Gasteiger partial charge in [-0.1, -0.05) is 48.5 Å². The quantitative estimate of drug-likeness (QED) is 0.576. The highest BCUT2D eigenvalue weighted by Crippen LogP contribution is 2.23. The number of hydrogen-bond acceptors (Lipinski definition) is 6. The molecule has 0 saturated heterocycles. The van der Waals surface area contributed by atoms with E-state index in [9.17, 15) is 8.42 Å². The highest BCUT2D eigenvalue weighted by Gasteiger charge is 2.23. The van der Waals surface area contributed by atoms with E-state index < -0.39 is 10.0 Å². The molecule has 0 aliphatic heterocycles. The molecule has 0 atom stereocenters. The van der Waals surface area contributed by atoms with E-state index in [0.717, 1.165) is 20.5 Å². The largest absolute Gasteiger partial charge is 0.367 e. The van der Waals surface area contributed by atoms with Gasteiger partial charge in [0.2, 0.25) is 11.9 Å². The van der Waals surface area contributed by atoms with Crippen molar-refractivity contribution in [2.45, 2.75) is 4.90 Å². The number of nitrogens with zero attached hydrogens (tertiary/aromatic N) is 3. The monoisotopic (exact) mass is 365 g/mol. The van der Waals surface area contributed by atoms with E-state index in [1.54, 1.807) is 12.1 Å². The molecule has 130 valence electrons. The molecule has 3 N–H and O–H groups in total. The topological polar surface area (TPSA) is 103 Å². The number of nitrogens with one attached hydrogen (secondary N) is 1. The lowest BCUT2D eigenvalue weighted by Gasteiger charge is -2.06. The third kappa shape index (κ3) is 2.86. The third-order valence-corrected chi connectivity index (χ3v) is 5.45. The molecule has 0 saturated carbocycles. The Balaban J connectivity index is 1.73. The number of nitrogen functional groups attached to an aromatic ring is 1. The highest BCUT2D eigenvalue weighted by molar-refractivity contribution is 7.90. The number of para-hydroxylation sites is 1. The molecule has 1 aromatic heterocycles. The van der Waals surface area contributed by atoms with Gasteiger partial charge in [-0.3, -0.25) is 0 Å². The molecular formula is C18H15N5O2S. The average Bonchev–Trinajstić information content (AvgIpc) is 3.03. The van der Waals surface area contributed by atoms with E-state index in [-0.39, 0.29) is 16.8 Å². The van der Waals surface area contributed by atoms with E-state index in [0.29, 0.717) is 0 Å². The van der Waals surface area contributed by atoms with Crippen LogP contribution >= 0.6 is 0 Å². The summed E-state index contributed by atoms with van der Waals surface area (Å²) < 4.78 is 26.6. The summed E-state index contributed by atoms with van der Waals surface area (Å²) in [4.78, 5) is 4.10. The number of benzene rings is 3. The van der Waals surface area contributed by atoms with E-state index in [1.807, 2.05) is 54.6 Å². The van der Waals surface area contributed by atoms with Gasteiger partial charge in [-0.25, -0.2) is 0 Å². The molecule has 0 unspecified atom stereocenters. The molecule has 0 fully saturated rings. The summed E-state index contributed by atoms with van der Waals surface area (Å²) >= 11 is 0. The molecule has 0 spiro atoms. The van der Waals surface area contributed by atoms with Crippen molar-refractivity contribution >= 4 is 38.4 Å². The van der Waals surface area contributed by atoms with Crippen molar-refractivity contribution in [2.24, 2.45) is 0 Å². The Kier molecular flexibility index (Phi) is 3.81. The number of nitrogens with two attached hydrogens (primary N) is 1. The van der Waals surface area contributed by atoms with E-state index in [1.165, 1.54) is 6.07 Å². The van der Waals surface area contributed by atoms with Crippen molar-refractivity contribution in [3.63, 3.8) is 0 Å². The van der Waals surface area contributed by atoms with Crippen LogP contribution in [-0.2, 0) is 10.0 Å². The minimum atomic E-state index is -3.95. The first kappa shape index (κ1) is 16.1. The lowest BCUT2D eigenvalue weighted by molar-refractivity contribution is 0.581. The smallest absolute Gasteiger partial charge is 0.286 e. The Bertz CT molecular complexity index is 1190. The maximum Gasteiger partial charge on any atom is 0.286 e. The Labute approximate surface area is 150 Å². The van der Waals surface area contributed by atoms with Crippen molar-refractivity contribution in [1.82, 2.24) is 14.2 Å². The SMILES string of the molecule is Nc1nc(Nc2ccccc2)nn1S(=O)(=O)c1ccc2ccccc2c1. The fourth-order valence-corrected chi connectivity index (χ4v) is 3.81. The van der Waals surface area contributed by atoms with Crippen LogP contribution in [0.25, 0.3) is 10.8 Å². The fraction of sp³-hybridized carbons (Fsp3) is 0. The van der Waals surface area contributed by atoms with Crippen molar-refractivity contribution < 1.29 is 8.42 Å². The zero-order valence-electron chi connectivity index (χ0n) is 13.6. The van der Waals surface area contributed by atoms with Gasteiger partial charge in [-0.2, -0.15) is 13.4 Å². The third-order valence-electron chi connectivity index (χ3n) is 3.88. The van der Waals surface area contributed by atoms with Crippen LogP contribution in [0.15, 0.2) is 77.7 Å². The van der Waals surface area contributed by atoms with Crippen LogP contribution in [0.4, 0.5) is 17.6 Å². The van der Waals surface area contributed by atoms with Gasteiger partial charge < -0.3 is 11.1 Å². The average molecular weight is 365 g/mol. The Morgan fingerprint density at radius 2 is 1.58 bits per heavy atom.